The van der Waals surface area contributed by atoms with Gasteiger partial charge in [0, 0.05) is 49.9 Å². The first kappa shape index (κ1) is 35.1. The number of nitrogens with zero attached hydrogens (tertiary/aromatic N) is 3. The zero-order valence-corrected chi connectivity index (χ0v) is 33.6. The molecule has 1 aliphatic carbocycles. The number of hydrogen-bond donors (Lipinski definition) is 0. The van der Waals surface area contributed by atoms with Crippen molar-refractivity contribution >= 4 is 83.9 Å². The van der Waals surface area contributed by atoms with Crippen molar-refractivity contribution in [3.05, 3.63) is 236 Å². The van der Waals surface area contributed by atoms with E-state index in [1.165, 1.54) is 71.6 Å². The molecule has 1 atom stereocenters. The maximum absolute atomic E-state index is 2.58. The van der Waals surface area contributed by atoms with Crippen LogP contribution in [0.2, 0.25) is 0 Å². The minimum absolute atomic E-state index is 0.131. The largest absolute Gasteiger partial charge is 0.333 e. The second-order valence-corrected chi connectivity index (χ2v) is 16.0. The zero-order chi connectivity index (χ0) is 40.3. The van der Waals surface area contributed by atoms with Gasteiger partial charge in [0.1, 0.15) is 0 Å². The molecule has 0 radical (unpaired) electrons. The zero-order valence-electron chi connectivity index (χ0n) is 33.6. The van der Waals surface area contributed by atoms with E-state index in [2.05, 4.69) is 245 Å². The lowest BCUT2D eigenvalue weighted by Crippen LogP contribution is -2.26. The lowest BCUT2D eigenvalue weighted by Gasteiger charge is -2.39. The van der Waals surface area contributed by atoms with Gasteiger partial charge in [0.25, 0.3) is 0 Å². The third-order valence-corrected chi connectivity index (χ3v) is 12.7. The van der Waals surface area contributed by atoms with Crippen molar-refractivity contribution in [2.75, 3.05) is 14.7 Å². The van der Waals surface area contributed by atoms with E-state index in [-0.39, 0.29) is 6.04 Å². The summed E-state index contributed by atoms with van der Waals surface area (Å²) in [6, 6.07) is 80.2. The Labute approximate surface area is 356 Å². The Morgan fingerprint density at radius 3 is 1.87 bits per heavy atom. The molecule has 61 heavy (non-hydrogen) atoms. The van der Waals surface area contributed by atoms with Crippen LogP contribution < -0.4 is 14.7 Å². The molecule has 0 fully saturated rings. The van der Waals surface area contributed by atoms with E-state index in [0.717, 1.165) is 34.9 Å². The number of hydrogen-bond acceptors (Lipinski definition) is 3. The second-order valence-electron chi connectivity index (χ2n) is 16.0. The van der Waals surface area contributed by atoms with Gasteiger partial charge < -0.3 is 14.7 Å². The van der Waals surface area contributed by atoms with Crippen LogP contribution in [0.15, 0.2) is 224 Å². The fourth-order valence-corrected chi connectivity index (χ4v) is 10.0. The summed E-state index contributed by atoms with van der Waals surface area (Å²) in [5, 5.41) is 7.33. The van der Waals surface area contributed by atoms with Crippen molar-refractivity contribution in [2.24, 2.45) is 0 Å². The van der Waals surface area contributed by atoms with E-state index in [4.69, 9.17) is 0 Å². The molecule has 0 bridgehead atoms. The van der Waals surface area contributed by atoms with E-state index in [1.54, 1.807) is 0 Å². The molecule has 1 aliphatic heterocycles. The van der Waals surface area contributed by atoms with E-state index >= 15 is 0 Å². The number of para-hydroxylation sites is 2. The Balaban J connectivity index is 1.12. The van der Waals surface area contributed by atoms with Gasteiger partial charge in [-0.05, 0) is 94.5 Å². The van der Waals surface area contributed by atoms with E-state index in [1.807, 2.05) is 0 Å². The average molecular weight is 780 g/mol. The third-order valence-electron chi connectivity index (χ3n) is 12.7. The van der Waals surface area contributed by atoms with Crippen LogP contribution in [0.3, 0.4) is 0 Å². The van der Waals surface area contributed by atoms with Crippen LogP contribution in [0, 0.1) is 0 Å². The molecule has 12 rings (SSSR count). The van der Waals surface area contributed by atoms with Crippen molar-refractivity contribution in [3.8, 4) is 11.1 Å². The standard InChI is InChI=1S/C58H41N3/c1-3-23-43(24-4-1)59(52-31-13-20-40-17-7-10-27-46(40)52)45-35-36-49-50-37-38-55(60(44-25-5-2-6-26-44)53-32-14-21-41-18-8-11-28-47(41)53)51-30-16-34-56(58(50)51)61(57(49)39-45)54-33-15-22-42-19-9-12-29-48(42)54/h1-31,33-39,53H,32H2. The highest BCUT2D eigenvalue weighted by Gasteiger charge is 2.32. The van der Waals surface area contributed by atoms with Gasteiger partial charge in [0.15, 0.2) is 0 Å². The lowest BCUT2D eigenvalue weighted by atomic mass is 9.87. The highest BCUT2D eigenvalue weighted by atomic mass is 15.2. The Morgan fingerprint density at radius 2 is 1.03 bits per heavy atom. The van der Waals surface area contributed by atoms with Crippen LogP contribution in [0.25, 0.3) is 49.5 Å². The van der Waals surface area contributed by atoms with E-state index in [0.29, 0.717) is 0 Å². The summed E-state index contributed by atoms with van der Waals surface area (Å²) in [6.45, 7) is 0. The molecule has 0 saturated carbocycles. The number of benzene rings is 10. The molecule has 10 aromatic carbocycles. The summed E-state index contributed by atoms with van der Waals surface area (Å²) in [5.41, 5.74) is 14.3. The molecular formula is C58H41N3. The smallest absolute Gasteiger partial charge is 0.0632 e. The Bertz CT molecular complexity index is 3310. The van der Waals surface area contributed by atoms with Crippen molar-refractivity contribution in [3.63, 3.8) is 0 Å². The van der Waals surface area contributed by atoms with Crippen LogP contribution in [-0.2, 0) is 0 Å². The topological polar surface area (TPSA) is 9.72 Å². The Hall–Kier alpha value is -7.88. The van der Waals surface area contributed by atoms with Gasteiger partial charge in [-0.3, -0.25) is 0 Å². The second kappa shape index (κ2) is 14.4. The predicted molar refractivity (Wildman–Crippen MR) is 259 cm³/mol. The molecule has 2 aliphatic rings. The molecule has 0 amide bonds. The minimum atomic E-state index is 0.131. The molecule has 10 aromatic rings. The van der Waals surface area contributed by atoms with Gasteiger partial charge in [-0.1, -0.05) is 170 Å². The number of anilines is 8. The molecule has 0 spiro atoms. The maximum atomic E-state index is 2.58. The molecule has 1 heterocycles. The predicted octanol–water partition coefficient (Wildman–Crippen LogP) is 16.4. The molecule has 0 N–H and O–H groups in total. The number of fused-ring (bicyclic) bond motifs is 5. The van der Waals surface area contributed by atoms with Gasteiger partial charge in [-0.15, -0.1) is 0 Å². The van der Waals surface area contributed by atoms with E-state index < -0.39 is 0 Å². The SMILES string of the molecule is C1=Cc2ccccc2C(N(c2ccccc2)c2ccc3c4c(cccc24)N(c2cccc4ccccc24)c2cc(N(c4ccccc4)c4cccc5ccccc45)ccc2-3)C1. The van der Waals surface area contributed by atoms with Crippen molar-refractivity contribution in [1.82, 2.24) is 0 Å². The van der Waals surface area contributed by atoms with Gasteiger partial charge in [0.05, 0.1) is 28.8 Å². The molecule has 1 unspecified atom stereocenters. The van der Waals surface area contributed by atoms with Gasteiger partial charge in [0.2, 0.25) is 0 Å². The fraction of sp³-hybridized carbons (Fsp3) is 0.0345. The Morgan fingerprint density at radius 1 is 0.410 bits per heavy atom. The first-order chi connectivity index (χ1) is 30.3. The molecule has 3 nitrogen and oxygen atoms in total. The van der Waals surface area contributed by atoms with Crippen molar-refractivity contribution < 1.29 is 0 Å². The van der Waals surface area contributed by atoms with Crippen molar-refractivity contribution in [2.45, 2.75) is 12.5 Å². The minimum Gasteiger partial charge on any atom is -0.333 e. The lowest BCUT2D eigenvalue weighted by molar-refractivity contribution is 0.704. The summed E-state index contributed by atoms with van der Waals surface area (Å²) in [7, 11) is 0. The first-order valence-electron chi connectivity index (χ1n) is 21.2. The van der Waals surface area contributed by atoms with Gasteiger partial charge in [-0.2, -0.15) is 0 Å². The molecule has 0 aromatic heterocycles. The summed E-state index contributed by atoms with van der Waals surface area (Å²) >= 11 is 0. The highest BCUT2D eigenvalue weighted by molar-refractivity contribution is 6.19. The van der Waals surface area contributed by atoms with Crippen LogP contribution in [0.4, 0.5) is 45.5 Å². The first-order valence-corrected chi connectivity index (χ1v) is 21.2. The maximum Gasteiger partial charge on any atom is 0.0632 e. The van der Waals surface area contributed by atoms with Crippen LogP contribution in [0.5, 0.6) is 0 Å². The summed E-state index contributed by atoms with van der Waals surface area (Å²) in [5.74, 6) is 0. The molecular weight excluding hydrogens is 739 g/mol. The third kappa shape index (κ3) is 5.73. The highest BCUT2D eigenvalue weighted by Crippen LogP contribution is 2.56. The molecule has 3 heteroatoms. The van der Waals surface area contributed by atoms with E-state index in [9.17, 15) is 0 Å². The average Bonchev–Trinajstić information content (AvgIpc) is 3.33. The number of rotatable bonds is 7. The summed E-state index contributed by atoms with van der Waals surface area (Å²) in [4.78, 5) is 7.52. The van der Waals surface area contributed by atoms with Crippen LogP contribution in [0.1, 0.15) is 23.6 Å². The quantitative estimate of drug-likeness (QED) is 0.160. The summed E-state index contributed by atoms with van der Waals surface area (Å²) in [6.07, 6.45) is 5.53. The van der Waals surface area contributed by atoms with Crippen LogP contribution >= 0.6 is 0 Å². The van der Waals surface area contributed by atoms with Gasteiger partial charge >= 0.3 is 0 Å². The molecule has 0 saturated heterocycles. The fourth-order valence-electron chi connectivity index (χ4n) is 10.0. The van der Waals surface area contributed by atoms with Crippen molar-refractivity contribution in [1.29, 1.82) is 0 Å². The monoisotopic (exact) mass is 779 g/mol. The van der Waals surface area contributed by atoms with Crippen LogP contribution in [-0.4, -0.2) is 0 Å². The molecule has 288 valence electrons. The summed E-state index contributed by atoms with van der Waals surface area (Å²) < 4.78 is 0. The van der Waals surface area contributed by atoms with Gasteiger partial charge in [-0.25, -0.2) is 0 Å². The normalized spacial score (nSPS) is 13.9. The Kier molecular flexibility index (Phi) is 8.31.